The van der Waals surface area contributed by atoms with Gasteiger partial charge in [-0.15, -0.1) is 0 Å². The van der Waals surface area contributed by atoms with E-state index >= 15 is 0 Å². The molecule has 2 atom stereocenters. The van der Waals surface area contributed by atoms with Crippen molar-refractivity contribution in [3.05, 3.63) is 27.6 Å². The topological polar surface area (TPSA) is 94.6 Å². The van der Waals surface area contributed by atoms with Crippen LogP contribution in [0.5, 0.6) is 0 Å². The van der Waals surface area contributed by atoms with Gasteiger partial charge in [0.2, 0.25) is 6.10 Å². The van der Waals surface area contributed by atoms with Crippen molar-refractivity contribution in [1.82, 2.24) is 4.57 Å². The van der Waals surface area contributed by atoms with E-state index in [-0.39, 0.29) is 16.1 Å². The smallest absolute Gasteiger partial charge is 0.415 e. The van der Waals surface area contributed by atoms with Gasteiger partial charge in [-0.3, -0.25) is 19.1 Å². The first-order valence-corrected chi connectivity index (χ1v) is 7.21. The molecule has 0 radical (unpaired) electrons. The third-order valence-corrected chi connectivity index (χ3v) is 4.63. The first kappa shape index (κ1) is 14.5. The monoisotopic (exact) mass is 325 g/mol. The molecule has 7 nitrogen and oxygen atoms in total. The van der Waals surface area contributed by atoms with Gasteiger partial charge in [-0.25, -0.2) is 9.18 Å². The van der Waals surface area contributed by atoms with Crippen LogP contribution in [-0.4, -0.2) is 28.7 Å². The fourth-order valence-electron chi connectivity index (χ4n) is 2.56. The number of ether oxygens (including phenoxy) is 1. The molecule has 2 N–H and O–H groups in total. The molecular formula is C13H12FN3O4S. The molecule has 2 aromatic rings. The molecule has 1 aromatic carbocycles. The molecule has 2 amide bonds. The van der Waals surface area contributed by atoms with Crippen molar-refractivity contribution in [1.29, 1.82) is 0 Å². The highest BCUT2D eigenvalue weighted by Gasteiger charge is 2.43. The predicted molar refractivity (Wildman–Crippen MR) is 78.4 cm³/mol. The van der Waals surface area contributed by atoms with Gasteiger partial charge < -0.3 is 10.5 Å². The molecule has 1 fully saturated rings. The van der Waals surface area contributed by atoms with E-state index in [0.717, 1.165) is 22.3 Å². The lowest BCUT2D eigenvalue weighted by Crippen LogP contribution is -2.40. The Hall–Kier alpha value is -2.42. The molecule has 1 saturated heterocycles. The number of anilines is 1. The summed E-state index contributed by atoms with van der Waals surface area (Å²) in [5.74, 6) is -1.40. The summed E-state index contributed by atoms with van der Waals surface area (Å²) < 4.78 is 20.8. The quantitative estimate of drug-likeness (QED) is 0.889. The Morgan fingerprint density at radius 3 is 2.68 bits per heavy atom. The van der Waals surface area contributed by atoms with Crippen molar-refractivity contribution < 1.29 is 18.7 Å². The van der Waals surface area contributed by atoms with Crippen LogP contribution in [0.1, 0.15) is 6.92 Å². The van der Waals surface area contributed by atoms with Crippen LogP contribution >= 0.6 is 11.3 Å². The molecule has 0 aliphatic carbocycles. The van der Waals surface area contributed by atoms with Gasteiger partial charge >= 0.3 is 11.0 Å². The maximum absolute atomic E-state index is 14.3. The first-order valence-electron chi connectivity index (χ1n) is 6.39. The molecule has 22 heavy (non-hydrogen) atoms. The van der Waals surface area contributed by atoms with Gasteiger partial charge in [-0.2, -0.15) is 0 Å². The Morgan fingerprint density at radius 2 is 2.09 bits per heavy atom. The summed E-state index contributed by atoms with van der Waals surface area (Å²) in [6.45, 7) is 1.58. The second-order valence-electron chi connectivity index (χ2n) is 5.02. The molecule has 3 rings (SSSR count). The number of fused-ring (bicyclic) bond motifs is 1. The summed E-state index contributed by atoms with van der Waals surface area (Å²) in [6, 6.07) is 1.99. The maximum atomic E-state index is 14.3. The molecule has 1 unspecified atom stereocenters. The Kier molecular flexibility index (Phi) is 3.17. The number of thiazole rings is 1. The highest BCUT2D eigenvalue weighted by Crippen LogP contribution is 2.32. The number of benzene rings is 1. The molecule has 1 aliphatic heterocycles. The van der Waals surface area contributed by atoms with Crippen LogP contribution in [0, 0.1) is 5.82 Å². The van der Waals surface area contributed by atoms with Crippen molar-refractivity contribution in [2.75, 3.05) is 4.90 Å². The highest BCUT2D eigenvalue weighted by molar-refractivity contribution is 7.16. The number of cyclic esters (lactones) is 1. The van der Waals surface area contributed by atoms with E-state index in [1.807, 2.05) is 0 Å². The molecule has 2 heterocycles. The van der Waals surface area contributed by atoms with Crippen molar-refractivity contribution in [3.63, 3.8) is 0 Å². The van der Waals surface area contributed by atoms with Crippen molar-refractivity contribution in [3.8, 4) is 0 Å². The number of aromatic nitrogens is 1. The minimum Gasteiger partial charge on any atom is -0.433 e. The van der Waals surface area contributed by atoms with Gasteiger partial charge in [0.25, 0.3) is 5.91 Å². The van der Waals surface area contributed by atoms with E-state index < -0.39 is 30.0 Å². The largest absolute Gasteiger partial charge is 0.433 e. The number of aryl methyl sites for hydroxylation is 1. The zero-order valence-corrected chi connectivity index (χ0v) is 12.5. The van der Waals surface area contributed by atoms with Crippen LogP contribution in [0.3, 0.4) is 0 Å². The van der Waals surface area contributed by atoms with Gasteiger partial charge in [-0.1, -0.05) is 11.3 Å². The van der Waals surface area contributed by atoms with E-state index in [4.69, 9.17) is 10.5 Å². The second-order valence-corrected chi connectivity index (χ2v) is 6.01. The second kappa shape index (κ2) is 4.80. The third-order valence-electron chi connectivity index (χ3n) is 3.65. The number of halogens is 1. The number of hydrogen-bond acceptors (Lipinski definition) is 5. The molecule has 116 valence electrons. The number of nitrogens with two attached hydrogens (primary N) is 1. The summed E-state index contributed by atoms with van der Waals surface area (Å²) in [4.78, 5) is 35.7. The van der Waals surface area contributed by atoms with Gasteiger partial charge in [0, 0.05) is 13.1 Å². The Balaban J connectivity index is 2.13. The molecule has 1 aromatic heterocycles. The van der Waals surface area contributed by atoms with Crippen LogP contribution in [0.2, 0.25) is 0 Å². The van der Waals surface area contributed by atoms with E-state index in [9.17, 15) is 18.8 Å². The maximum Gasteiger partial charge on any atom is 0.415 e. The summed E-state index contributed by atoms with van der Waals surface area (Å²) >= 11 is 0.872. The van der Waals surface area contributed by atoms with E-state index in [1.165, 1.54) is 17.7 Å². The molecular weight excluding hydrogens is 313 g/mol. The Bertz CT molecular complexity index is 859. The Labute approximate surface area is 127 Å². The lowest BCUT2D eigenvalue weighted by Gasteiger charge is -2.19. The molecule has 0 saturated carbocycles. The van der Waals surface area contributed by atoms with Crippen molar-refractivity contribution in [2.45, 2.75) is 19.1 Å². The average Bonchev–Trinajstić information content (AvgIpc) is 2.87. The summed E-state index contributed by atoms with van der Waals surface area (Å²) in [5, 5.41) is 0. The fraction of sp³-hybridized carbons (Fsp3) is 0.308. The number of hydrogen-bond donors (Lipinski definition) is 1. The van der Waals surface area contributed by atoms with Gasteiger partial charge in [0.15, 0.2) is 0 Å². The van der Waals surface area contributed by atoms with Crippen LogP contribution in [0.4, 0.5) is 14.9 Å². The third kappa shape index (κ3) is 1.97. The van der Waals surface area contributed by atoms with Gasteiger partial charge in [0.1, 0.15) is 5.82 Å². The van der Waals surface area contributed by atoms with Gasteiger partial charge in [-0.05, 0) is 13.0 Å². The number of carbonyl (C=O) groups is 2. The molecule has 0 spiro atoms. The number of rotatable bonds is 2. The predicted octanol–water partition coefficient (Wildman–Crippen LogP) is 0.938. The van der Waals surface area contributed by atoms with E-state index in [0.29, 0.717) is 4.70 Å². The van der Waals surface area contributed by atoms with Crippen LogP contribution in [0.15, 0.2) is 16.9 Å². The lowest BCUT2D eigenvalue weighted by molar-refractivity contribution is -0.125. The zero-order chi connectivity index (χ0) is 16.2. The number of nitrogens with zero attached hydrogens (tertiary/aromatic N) is 2. The molecule has 9 heteroatoms. The van der Waals surface area contributed by atoms with Crippen molar-refractivity contribution in [2.24, 2.45) is 12.8 Å². The summed E-state index contributed by atoms with van der Waals surface area (Å²) in [7, 11) is 1.47. The number of amides is 2. The van der Waals surface area contributed by atoms with Crippen LogP contribution < -0.4 is 15.5 Å². The van der Waals surface area contributed by atoms with E-state index in [2.05, 4.69) is 0 Å². The summed E-state index contributed by atoms with van der Waals surface area (Å²) in [5.41, 5.74) is 5.56. The Morgan fingerprint density at radius 1 is 1.41 bits per heavy atom. The highest BCUT2D eigenvalue weighted by atomic mass is 32.1. The van der Waals surface area contributed by atoms with Crippen LogP contribution in [0.25, 0.3) is 10.2 Å². The summed E-state index contributed by atoms with van der Waals surface area (Å²) in [6.07, 6.45) is -1.88. The normalized spacial score (nSPS) is 21.4. The minimum absolute atomic E-state index is 0.172. The van der Waals surface area contributed by atoms with Gasteiger partial charge in [0.05, 0.1) is 21.9 Å². The van der Waals surface area contributed by atoms with E-state index in [1.54, 1.807) is 6.92 Å². The average molecular weight is 325 g/mol. The minimum atomic E-state index is -1.10. The number of carbonyl (C=O) groups excluding carboxylic acids is 2. The first-order chi connectivity index (χ1) is 10.3. The lowest BCUT2D eigenvalue weighted by atomic mass is 10.1. The standard InChI is InChI=1S/C13H12FN3O4S/c1-5-10(11(15)18)21-12(19)17(5)6-3-7(14)9-8(4-6)22-13(20)16(9)2/h3-5,10H,1-2H3,(H2,15,18)/t5?,10-/m1/s1. The molecule has 0 bridgehead atoms. The fourth-order valence-corrected chi connectivity index (χ4v) is 3.49. The molecule has 1 aliphatic rings. The van der Waals surface area contributed by atoms with Crippen molar-refractivity contribution >= 4 is 39.2 Å². The van der Waals surface area contributed by atoms with Crippen LogP contribution in [-0.2, 0) is 16.6 Å². The zero-order valence-electron chi connectivity index (χ0n) is 11.7. The SMILES string of the molecule is CC1[C@H](C(N)=O)OC(=O)N1c1cc(F)c2c(c1)sc(=O)n2C. The number of primary amides is 1.